The molecule has 0 spiro atoms. The van der Waals surface area contributed by atoms with Crippen LogP contribution in [0.15, 0.2) is 12.1 Å². The van der Waals surface area contributed by atoms with Gasteiger partial charge in [-0.2, -0.15) is 0 Å². The smallest absolute Gasteiger partial charge is 0.0373 e. The Kier molecular flexibility index (Phi) is 4.25. The fraction of sp³-hybridized carbons (Fsp3) is 0.600. The van der Waals surface area contributed by atoms with Gasteiger partial charge in [0.1, 0.15) is 0 Å². The van der Waals surface area contributed by atoms with Crippen LogP contribution >= 0.6 is 0 Å². The van der Waals surface area contributed by atoms with Gasteiger partial charge in [0, 0.05) is 45.0 Å². The van der Waals surface area contributed by atoms with E-state index in [9.17, 15) is 0 Å². The summed E-state index contributed by atoms with van der Waals surface area (Å²) in [6.07, 6.45) is 0. The predicted octanol–water partition coefficient (Wildman–Crippen LogP) is 2.14. The van der Waals surface area contributed by atoms with Gasteiger partial charge in [-0.1, -0.05) is 6.07 Å². The average molecular weight is 247 g/mol. The number of nitrogens with zero attached hydrogens (tertiary/aromatic N) is 1. The van der Waals surface area contributed by atoms with Crippen molar-refractivity contribution in [1.29, 1.82) is 0 Å². The van der Waals surface area contributed by atoms with E-state index in [1.807, 2.05) is 7.05 Å². The molecule has 1 aliphatic heterocycles. The molecule has 1 atom stereocenters. The molecule has 0 radical (unpaired) electrons. The molecule has 1 fully saturated rings. The van der Waals surface area contributed by atoms with Crippen molar-refractivity contribution >= 4 is 5.69 Å². The van der Waals surface area contributed by atoms with E-state index in [1.54, 1.807) is 0 Å². The largest absolute Gasteiger partial charge is 0.388 e. The molecular weight excluding hydrogens is 222 g/mol. The molecule has 1 aromatic carbocycles. The lowest BCUT2D eigenvalue weighted by Crippen LogP contribution is -2.48. The number of aryl methyl sites for hydroxylation is 1. The van der Waals surface area contributed by atoms with Crippen molar-refractivity contribution in [3.63, 3.8) is 0 Å². The lowest BCUT2D eigenvalue weighted by atomic mass is 10.0. The molecule has 0 unspecified atom stereocenters. The van der Waals surface area contributed by atoms with Gasteiger partial charge in [0.15, 0.2) is 0 Å². The van der Waals surface area contributed by atoms with Gasteiger partial charge in [0.25, 0.3) is 0 Å². The zero-order valence-electron chi connectivity index (χ0n) is 12.0. The zero-order chi connectivity index (χ0) is 13.1. The molecule has 1 aromatic rings. The summed E-state index contributed by atoms with van der Waals surface area (Å²) in [5, 5.41) is 6.78. The van der Waals surface area contributed by atoms with Crippen molar-refractivity contribution in [2.75, 3.05) is 32.0 Å². The third kappa shape index (κ3) is 3.03. The minimum atomic E-state index is 0.604. The minimum Gasteiger partial charge on any atom is -0.388 e. The van der Waals surface area contributed by atoms with E-state index < -0.39 is 0 Å². The number of benzene rings is 1. The van der Waals surface area contributed by atoms with Crippen LogP contribution in [0.1, 0.15) is 23.6 Å². The molecule has 100 valence electrons. The zero-order valence-corrected chi connectivity index (χ0v) is 12.0. The molecule has 3 heteroatoms. The second kappa shape index (κ2) is 5.72. The molecule has 2 N–H and O–H groups in total. The highest BCUT2D eigenvalue weighted by Crippen LogP contribution is 2.22. The fourth-order valence-electron chi connectivity index (χ4n) is 2.75. The summed E-state index contributed by atoms with van der Waals surface area (Å²) in [6.45, 7) is 11.1. The quantitative estimate of drug-likeness (QED) is 0.857. The summed E-state index contributed by atoms with van der Waals surface area (Å²) in [6, 6.07) is 5.15. The number of hydrogen-bond acceptors (Lipinski definition) is 3. The van der Waals surface area contributed by atoms with Crippen LogP contribution in [-0.4, -0.2) is 37.6 Å². The van der Waals surface area contributed by atoms with E-state index in [1.165, 1.54) is 22.4 Å². The van der Waals surface area contributed by atoms with Crippen LogP contribution in [0.4, 0.5) is 5.69 Å². The molecule has 0 saturated carbocycles. The molecule has 0 aliphatic carbocycles. The average Bonchev–Trinajstić information content (AvgIpc) is 2.33. The van der Waals surface area contributed by atoms with Gasteiger partial charge in [0.05, 0.1) is 0 Å². The Morgan fingerprint density at radius 2 is 2.17 bits per heavy atom. The van der Waals surface area contributed by atoms with Crippen molar-refractivity contribution in [1.82, 2.24) is 10.2 Å². The van der Waals surface area contributed by atoms with Crippen LogP contribution in [-0.2, 0) is 6.54 Å². The third-order valence-electron chi connectivity index (χ3n) is 3.78. The van der Waals surface area contributed by atoms with Crippen LogP contribution in [0.3, 0.4) is 0 Å². The number of rotatable bonds is 3. The maximum absolute atomic E-state index is 3.49. The Balaban J connectivity index is 2.15. The van der Waals surface area contributed by atoms with E-state index in [4.69, 9.17) is 0 Å². The lowest BCUT2D eigenvalue weighted by molar-refractivity contribution is 0.199. The third-order valence-corrected chi connectivity index (χ3v) is 3.78. The Bertz CT molecular complexity index is 414. The standard InChI is InChI=1S/C15H25N3/c1-11-7-14(13(3)15(8-11)16-4)10-18-6-5-17-12(2)9-18/h7-8,12,16-17H,5-6,9-10H2,1-4H3/t12-/m0/s1. The van der Waals surface area contributed by atoms with Gasteiger partial charge in [0.2, 0.25) is 0 Å². The van der Waals surface area contributed by atoms with Crippen LogP contribution in [0, 0.1) is 13.8 Å². The van der Waals surface area contributed by atoms with Crippen LogP contribution in [0.2, 0.25) is 0 Å². The van der Waals surface area contributed by atoms with E-state index in [0.29, 0.717) is 6.04 Å². The summed E-state index contributed by atoms with van der Waals surface area (Å²) in [5.74, 6) is 0. The van der Waals surface area contributed by atoms with Gasteiger partial charge in [-0.25, -0.2) is 0 Å². The van der Waals surface area contributed by atoms with E-state index in [-0.39, 0.29) is 0 Å². The van der Waals surface area contributed by atoms with Crippen molar-refractivity contribution < 1.29 is 0 Å². The summed E-state index contributed by atoms with van der Waals surface area (Å²) in [7, 11) is 2.00. The Labute approximate surface area is 111 Å². The van der Waals surface area contributed by atoms with Gasteiger partial charge in [-0.15, -0.1) is 0 Å². The summed E-state index contributed by atoms with van der Waals surface area (Å²) >= 11 is 0. The van der Waals surface area contributed by atoms with Crippen molar-refractivity contribution in [2.24, 2.45) is 0 Å². The normalized spacial score (nSPS) is 21.0. The molecule has 18 heavy (non-hydrogen) atoms. The van der Waals surface area contributed by atoms with E-state index in [2.05, 4.69) is 48.4 Å². The van der Waals surface area contributed by atoms with E-state index >= 15 is 0 Å². The Morgan fingerprint density at radius 1 is 1.39 bits per heavy atom. The second-order valence-electron chi connectivity index (χ2n) is 5.44. The SMILES string of the molecule is CNc1cc(C)cc(CN2CCN[C@@H](C)C2)c1C. The van der Waals surface area contributed by atoms with Gasteiger partial charge in [-0.05, 0) is 43.5 Å². The molecule has 0 aromatic heterocycles. The van der Waals surface area contributed by atoms with Crippen LogP contribution < -0.4 is 10.6 Å². The molecule has 0 amide bonds. The monoisotopic (exact) mass is 247 g/mol. The molecule has 2 rings (SSSR count). The van der Waals surface area contributed by atoms with Crippen molar-refractivity contribution in [2.45, 2.75) is 33.4 Å². The van der Waals surface area contributed by atoms with Gasteiger partial charge >= 0.3 is 0 Å². The first-order valence-corrected chi connectivity index (χ1v) is 6.83. The molecule has 1 heterocycles. The maximum Gasteiger partial charge on any atom is 0.0373 e. The molecule has 1 aliphatic rings. The molecule has 0 bridgehead atoms. The summed E-state index contributed by atoms with van der Waals surface area (Å²) in [4.78, 5) is 2.54. The van der Waals surface area contributed by atoms with Gasteiger partial charge in [-0.3, -0.25) is 4.90 Å². The number of piperazine rings is 1. The van der Waals surface area contributed by atoms with Crippen LogP contribution in [0.5, 0.6) is 0 Å². The lowest BCUT2D eigenvalue weighted by Gasteiger charge is -2.32. The minimum absolute atomic E-state index is 0.604. The number of anilines is 1. The highest BCUT2D eigenvalue weighted by atomic mass is 15.2. The Morgan fingerprint density at radius 3 is 2.83 bits per heavy atom. The predicted molar refractivity (Wildman–Crippen MR) is 78.2 cm³/mol. The van der Waals surface area contributed by atoms with Crippen molar-refractivity contribution in [3.8, 4) is 0 Å². The number of hydrogen-bond donors (Lipinski definition) is 2. The first-order chi connectivity index (χ1) is 8.60. The van der Waals surface area contributed by atoms with Gasteiger partial charge < -0.3 is 10.6 Å². The maximum atomic E-state index is 3.49. The highest BCUT2D eigenvalue weighted by molar-refractivity contribution is 5.55. The first-order valence-electron chi connectivity index (χ1n) is 6.83. The first kappa shape index (κ1) is 13.4. The fourth-order valence-corrected chi connectivity index (χ4v) is 2.75. The summed E-state index contributed by atoms with van der Waals surface area (Å²) < 4.78 is 0. The molecule has 3 nitrogen and oxygen atoms in total. The molecular formula is C15H25N3. The Hall–Kier alpha value is -1.06. The van der Waals surface area contributed by atoms with Crippen LogP contribution in [0.25, 0.3) is 0 Å². The van der Waals surface area contributed by atoms with Crippen molar-refractivity contribution in [3.05, 3.63) is 28.8 Å². The second-order valence-corrected chi connectivity index (χ2v) is 5.44. The van der Waals surface area contributed by atoms with E-state index in [0.717, 1.165) is 26.2 Å². The topological polar surface area (TPSA) is 27.3 Å². The number of nitrogens with one attached hydrogen (secondary N) is 2. The highest BCUT2D eigenvalue weighted by Gasteiger charge is 2.16. The molecule has 1 saturated heterocycles. The summed E-state index contributed by atoms with van der Waals surface area (Å²) in [5.41, 5.74) is 5.43.